The van der Waals surface area contributed by atoms with Crippen molar-refractivity contribution in [2.75, 3.05) is 0 Å². The van der Waals surface area contributed by atoms with Gasteiger partial charge in [0.2, 0.25) is 0 Å². The second-order valence-electron chi connectivity index (χ2n) is 4.66. The number of hydrogen-bond acceptors (Lipinski definition) is 2. The highest BCUT2D eigenvalue weighted by molar-refractivity contribution is 5.94. The Balaban J connectivity index is 3.05. The molecule has 0 aromatic rings. The third-order valence-electron chi connectivity index (χ3n) is 3.46. The van der Waals surface area contributed by atoms with Gasteiger partial charge < -0.3 is 0 Å². The maximum atomic E-state index is 11.4. The van der Waals surface area contributed by atoms with Gasteiger partial charge in [0.15, 0.2) is 0 Å². The molecule has 1 aliphatic rings. The van der Waals surface area contributed by atoms with E-state index >= 15 is 0 Å². The van der Waals surface area contributed by atoms with Crippen LogP contribution in [0.15, 0.2) is 0 Å². The molecule has 0 unspecified atom stereocenters. The molecule has 0 aliphatic heterocycles. The SMILES string of the molecule is CC(=O)[C@]1(C)CC(=O)CC1(C)C. The van der Waals surface area contributed by atoms with Crippen LogP contribution in [0.2, 0.25) is 0 Å². The van der Waals surface area contributed by atoms with Crippen molar-refractivity contribution in [1.82, 2.24) is 0 Å². The Labute approximate surface area is 73.3 Å². The Kier molecular flexibility index (Phi) is 1.89. The van der Waals surface area contributed by atoms with E-state index in [2.05, 4.69) is 0 Å². The summed E-state index contributed by atoms with van der Waals surface area (Å²) in [5.74, 6) is 0.357. The molecule has 0 heterocycles. The molecule has 1 saturated carbocycles. The van der Waals surface area contributed by atoms with Gasteiger partial charge in [0, 0.05) is 18.3 Å². The summed E-state index contributed by atoms with van der Waals surface area (Å²) in [6, 6.07) is 0. The highest BCUT2D eigenvalue weighted by Gasteiger charge is 2.52. The summed E-state index contributed by atoms with van der Waals surface area (Å²) in [4.78, 5) is 22.6. The summed E-state index contributed by atoms with van der Waals surface area (Å²) in [7, 11) is 0. The summed E-state index contributed by atoms with van der Waals surface area (Å²) in [5, 5.41) is 0. The molecule has 0 saturated heterocycles. The average molecular weight is 168 g/mol. The molecule has 12 heavy (non-hydrogen) atoms. The van der Waals surface area contributed by atoms with Gasteiger partial charge in [0.1, 0.15) is 11.6 Å². The van der Waals surface area contributed by atoms with Gasteiger partial charge in [-0.1, -0.05) is 20.8 Å². The van der Waals surface area contributed by atoms with Crippen molar-refractivity contribution in [3.8, 4) is 0 Å². The second-order valence-corrected chi connectivity index (χ2v) is 4.66. The fraction of sp³-hybridized carbons (Fsp3) is 0.800. The molecule has 0 amide bonds. The molecule has 2 nitrogen and oxygen atoms in total. The van der Waals surface area contributed by atoms with E-state index in [-0.39, 0.29) is 17.0 Å². The highest BCUT2D eigenvalue weighted by atomic mass is 16.1. The van der Waals surface area contributed by atoms with Gasteiger partial charge in [0.05, 0.1) is 0 Å². The Bertz CT molecular complexity index is 240. The number of Topliss-reactive ketones (excluding diaryl/α,β-unsaturated/α-hetero) is 2. The summed E-state index contributed by atoms with van der Waals surface area (Å²) in [6.07, 6.45) is 0.971. The molecule has 1 aliphatic carbocycles. The first-order valence-electron chi connectivity index (χ1n) is 4.32. The lowest BCUT2D eigenvalue weighted by Crippen LogP contribution is -2.36. The van der Waals surface area contributed by atoms with Crippen LogP contribution in [0.25, 0.3) is 0 Å². The lowest BCUT2D eigenvalue weighted by Gasteiger charge is -2.34. The van der Waals surface area contributed by atoms with E-state index < -0.39 is 5.41 Å². The van der Waals surface area contributed by atoms with Gasteiger partial charge in [-0.05, 0) is 12.3 Å². The fourth-order valence-corrected chi connectivity index (χ4v) is 1.99. The zero-order valence-electron chi connectivity index (χ0n) is 8.23. The van der Waals surface area contributed by atoms with E-state index in [1.165, 1.54) is 0 Å². The van der Waals surface area contributed by atoms with Crippen LogP contribution in [-0.2, 0) is 9.59 Å². The van der Waals surface area contributed by atoms with Gasteiger partial charge in [-0.3, -0.25) is 9.59 Å². The van der Waals surface area contributed by atoms with Crippen LogP contribution in [0.3, 0.4) is 0 Å². The quantitative estimate of drug-likeness (QED) is 0.600. The van der Waals surface area contributed by atoms with Crippen LogP contribution < -0.4 is 0 Å². The monoisotopic (exact) mass is 168 g/mol. The lowest BCUT2D eigenvalue weighted by atomic mass is 9.67. The van der Waals surface area contributed by atoms with E-state index in [1.807, 2.05) is 20.8 Å². The molecular weight excluding hydrogens is 152 g/mol. The third kappa shape index (κ3) is 1.10. The van der Waals surface area contributed by atoms with Crippen LogP contribution in [-0.4, -0.2) is 11.6 Å². The van der Waals surface area contributed by atoms with Gasteiger partial charge in [-0.15, -0.1) is 0 Å². The maximum Gasteiger partial charge on any atom is 0.136 e. The summed E-state index contributed by atoms with van der Waals surface area (Å²) in [5.41, 5.74) is -0.583. The number of carbonyl (C=O) groups is 2. The molecule has 1 atom stereocenters. The number of ketones is 2. The Hall–Kier alpha value is -0.660. The van der Waals surface area contributed by atoms with Crippen LogP contribution in [0.1, 0.15) is 40.5 Å². The van der Waals surface area contributed by atoms with E-state index in [0.29, 0.717) is 12.8 Å². The maximum absolute atomic E-state index is 11.4. The summed E-state index contributed by atoms with van der Waals surface area (Å²) < 4.78 is 0. The van der Waals surface area contributed by atoms with E-state index in [0.717, 1.165) is 0 Å². The average Bonchev–Trinajstić information content (AvgIpc) is 2.02. The van der Waals surface area contributed by atoms with Crippen molar-refractivity contribution in [3.63, 3.8) is 0 Å². The van der Waals surface area contributed by atoms with Crippen molar-refractivity contribution < 1.29 is 9.59 Å². The highest BCUT2D eigenvalue weighted by Crippen LogP contribution is 2.51. The molecule has 0 aromatic carbocycles. The molecule has 0 aromatic heterocycles. The smallest absolute Gasteiger partial charge is 0.136 e. The Morgan fingerprint density at radius 1 is 1.25 bits per heavy atom. The van der Waals surface area contributed by atoms with Gasteiger partial charge >= 0.3 is 0 Å². The summed E-state index contributed by atoms with van der Waals surface area (Å²) >= 11 is 0. The number of rotatable bonds is 1. The van der Waals surface area contributed by atoms with E-state index in [9.17, 15) is 9.59 Å². The topological polar surface area (TPSA) is 34.1 Å². The van der Waals surface area contributed by atoms with Gasteiger partial charge in [-0.25, -0.2) is 0 Å². The van der Waals surface area contributed by atoms with Crippen LogP contribution in [0.5, 0.6) is 0 Å². The first-order chi connectivity index (χ1) is 5.29. The predicted octanol–water partition coefficient (Wildman–Crippen LogP) is 1.97. The fourth-order valence-electron chi connectivity index (χ4n) is 1.99. The van der Waals surface area contributed by atoms with Crippen molar-refractivity contribution >= 4 is 11.6 Å². The van der Waals surface area contributed by atoms with Crippen LogP contribution in [0, 0.1) is 10.8 Å². The zero-order chi connectivity index (χ0) is 9.57. The largest absolute Gasteiger partial charge is 0.300 e. The minimum absolute atomic E-state index is 0.137. The molecule has 1 fully saturated rings. The first kappa shape index (κ1) is 9.43. The van der Waals surface area contributed by atoms with Crippen molar-refractivity contribution in [2.24, 2.45) is 10.8 Å². The molecule has 0 radical (unpaired) electrons. The van der Waals surface area contributed by atoms with Crippen LogP contribution >= 0.6 is 0 Å². The Morgan fingerprint density at radius 3 is 1.92 bits per heavy atom. The van der Waals surface area contributed by atoms with Crippen molar-refractivity contribution in [1.29, 1.82) is 0 Å². The van der Waals surface area contributed by atoms with Crippen LogP contribution in [0.4, 0.5) is 0 Å². The van der Waals surface area contributed by atoms with Crippen molar-refractivity contribution in [3.05, 3.63) is 0 Å². The van der Waals surface area contributed by atoms with E-state index in [4.69, 9.17) is 0 Å². The first-order valence-corrected chi connectivity index (χ1v) is 4.32. The number of hydrogen-bond donors (Lipinski definition) is 0. The summed E-state index contributed by atoms with van der Waals surface area (Å²) in [6.45, 7) is 7.49. The minimum atomic E-state index is -0.427. The molecule has 0 bridgehead atoms. The van der Waals surface area contributed by atoms with Gasteiger partial charge in [-0.2, -0.15) is 0 Å². The molecule has 0 N–H and O–H groups in total. The zero-order valence-corrected chi connectivity index (χ0v) is 8.23. The molecular formula is C10H16O2. The predicted molar refractivity (Wildman–Crippen MR) is 46.8 cm³/mol. The van der Waals surface area contributed by atoms with Crippen molar-refractivity contribution in [2.45, 2.75) is 40.5 Å². The molecule has 68 valence electrons. The van der Waals surface area contributed by atoms with E-state index in [1.54, 1.807) is 6.92 Å². The molecule has 2 heteroatoms. The lowest BCUT2D eigenvalue weighted by molar-refractivity contribution is -0.131. The second kappa shape index (κ2) is 2.41. The van der Waals surface area contributed by atoms with Gasteiger partial charge in [0.25, 0.3) is 0 Å². The normalized spacial score (nSPS) is 33.8. The molecule has 0 spiro atoms. The third-order valence-corrected chi connectivity index (χ3v) is 3.46. The number of carbonyl (C=O) groups excluding carboxylic acids is 2. The Morgan fingerprint density at radius 2 is 1.75 bits per heavy atom. The molecule has 1 rings (SSSR count). The standard InChI is InChI=1S/C10H16O2/c1-7(11)10(4)6-8(12)5-9(10,2)3/h5-6H2,1-4H3/t10-/m0/s1. The minimum Gasteiger partial charge on any atom is -0.300 e.